The average molecular weight is 404 g/mol. The lowest BCUT2D eigenvalue weighted by Gasteiger charge is -2.23. The topological polar surface area (TPSA) is 93.0 Å². The van der Waals surface area contributed by atoms with Crippen LogP contribution in [0, 0.1) is 0 Å². The van der Waals surface area contributed by atoms with E-state index >= 15 is 0 Å². The van der Waals surface area contributed by atoms with Crippen LogP contribution in [-0.2, 0) is 22.7 Å². The van der Waals surface area contributed by atoms with Gasteiger partial charge in [-0.3, -0.25) is 14.6 Å². The van der Waals surface area contributed by atoms with E-state index in [-0.39, 0.29) is 23.2 Å². The fourth-order valence-electron chi connectivity index (χ4n) is 3.22. The van der Waals surface area contributed by atoms with E-state index in [0.717, 1.165) is 34.5 Å². The summed E-state index contributed by atoms with van der Waals surface area (Å²) in [6, 6.07) is 5.65. The number of fused-ring (bicyclic) bond motifs is 1. The van der Waals surface area contributed by atoms with Crippen molar-refractivity contribution >= 4 is 34.6 Å². The summed E-state index contributed by atoms with van der Waals surface area (Å²) < 4.78 is 16.6. The Labute approximate surface area is 167 Å². The standard InChI is InChI=1S/C19H25N5O3S/c1-19(2,3)28(27)20-10-14-9-15-7-13(12-5-6-12)8-16(24(15)21-14)23-11-17(25)22(4)18(23)26/h7-9,12,20H,5-6,10-11H2,1-4H3. The summed E-state index contributed by atoms with van der Waals surface area (Å²) in [6.45, 7) is 6.10. The van der Waals surface area contributed by atoms with Gasteiger partial charge in [0, 0.05) is 18.4 Å². The third kappa shape index (κ3) is 3.49. The van der Waals surface area contributed by atoms with Crippen molar-refractivity contribution in [3.05, 3.63) is 29.5 Å². The van der Waals surface area contributed by atoms with Crippen molar-refractivity contribution in [3.63, 3.8) is 0 Å². The molecule has 3 heterocycles. The molecule has 1 N–H and O–H groups in total. The Morgan fingerprint density at radius 1 is 1.25 bits per heavy atom. The monoisotopic (exact) mass is 403 g/mol. The number of carbonyl (C=O) groups excluding carboxylic acids is 2. The molecular weight excluding hydrogens is 378 g/mol. The van der Waals surface area contributed by atoms with E-state index in [2.05, 4.69) is 15.9 Å². The molecule has 1 saturated heterocycles. The molecule has 2 aromatic heterocycles. The van der Waals surface area contributed by atoms with Crippen molar-refractivity contribution in [3.8, 4) is 0 Å². The van der Waals surface area contributed by atoms with Gasteiger partial charge in [0.2, 0.25) is 0 Å². The maximum atomic E-state index is 12.5. The number of nitrogens with one attached hydrogen (secondary N) is 1. The maximum Gasteiger partial charge on any atom is 0.332 e. The Kier molecular flexibility index (Phi) is 4.64. The molecule has 4 rings (SSSR count). The number of amides is 3. The van der Waals surface area contributed by atoms with E-state index in [1.54, 1.807) is 4.52 Å². The van der Waals surface area contributed by atoms with Gasteiger partial charge in [-0.25, -0.2) is 9.31 Å². The number of hydrogen-bond acceptors (Lipinski definition) is 5. The highest BCUT2D eigenvalue weighted by Crippen LogP contribution is 2.42. The number of rotatable bonds is 5. The van der Waals surface area contributed by atoms with E-state index < -0.39 is 11.4 Å². The maximum absolute atomic E-state index is 12.5. The second-order valence-corrected chi connectivity index (χ2v) is 10.5. The smallest absolute Gasteiger partial charge is 0.332 e. The van der Waals surface area contributed by atoms with Gasteiger partial charge in [0.05, 0.1) is 17.8 Å². The highest BCUT2D eigenvalue weighted by Gasteiger charge is 2.36. The summed E-state index contributed by atoms with van der Waals surface area (Å²) >= 11 is -1.20. The Morgan fingerprint density at radius 2 is 1.96 bits per heavy atom. The Bertz CT molecular complexity index is 947. The first-order valence-electron chi connectivity index (χ1n) is 9.41. The third-order valence-corrected chi connectivity index (χ3v) is 6.58. The van der Waals surface area contributed by atoms with E-state index in [4.69, 9.17) is 0 Å². The summed E-state index contributed by atoms with van der Waals surface area (Å²) in [6.07, 6.45) is 2.27. The van der Waals surface area contributed by atoms with Crippen LogP contribution < -0.4 is 9.62 Å². The lowest BCUT2D eigenvalue weighted by Crippen LogP contribution is -2.39. The normalized spacial score (nSPS) is 19.2. The molecule has 0 spiro atoms. The quantitative estimate of drug-likeness (QED) is 0.610. The van der Waals surface area contributed by atoms with Gasteiger partial charge in [-0.1, -0.05) is 0 Å². The predicted molar refractivity (Wildman–Crippen MR) is 107 cm³/mol. The number of urea groups is 1. The Morgan fingerprint density at radius 3 is 2.54 bits per heavy atom. The second-order valence-electron chi connectivity index (χ2n) is 8.42. The Hall–Kier alpha value is -2.10. The van der Waals surface area contributed by atoms with Gasteiger partial charge in [0.1, 0.15) is 17.1 Å². The fraction of sp³-hybridized carbons (Fsp3) is 0.526. The minimum atomic E-state index is -1.20. The first-order chi connectivity index (χ1) is 13.1. The zero-order valence-corrected chi connectivity index (χ0v) is 17.4. The second kappa shape index (κ2) is 6.75. The zero-order valence-electron chi connectivity index (χ0n) is 16.6. The van der Waals surface area contributed by atoms with Crippen LogP contribution in [-0.4, -0.2) is 49.3 Å². The number of hydrogen-bond donors (Lipinski definition) is 1. The van der Waals surface area contributed by atoms with Crippen LogP contribution in [0.3, 0.4) is 0 Å². The molecule has 2 aromatic rings. The van der Waals surface area contributed by atoms with Gasteiger partial charge in [0.25, 0.3) is 5.91 Å². The van der Waals surface area contributed by atoms with Gasteiger partial charge in [0.15, 0.2) is 0 Å². The number of nitrogens with zero attached hydrogens (tertiary/aromatic N) is 4. The van der Waals surface area contributed by atoms with Crippen molar-refractivity contribution in [2.45, 2.75) is 50.8 Å². The highest BCUT2D eigenvalue weighted by molar-refractivity contribution is 7.90. The molecule has 3 amide bonds. The van der Waals surface area contributed by atoms with E-state index in [1.807, 2.05) is 32.9 Å². The summed E-state index contributed by atoms with van der Waals surface area (Å²) in [5.74, 6) is 0.870. The van der Waals surface area contributed by atoms with Crippen LogP contribution in [0.4, 0.5) is 10.6 Å². The molecule has 0 bridgehead atoms. The van der Waals surface area contributed by atoms with Crippen LogP contribution in [0.15, 0.2) is 18.2 Å². The van der Waals surface area contributed by atoms with Gasteiger partial charge < -0.3 is 4.55 Å². The van der Waals surface area contributed by atoms with Crippen molar-refractivity contribution in [1.82, 2.24) is 19.2 Å². The first kappa shape index (κ1) is 19.2. The highest BCUT2D eigenvalue weighted by atomic mass is 32.2. The largest absolute Gasteiger partial charge is 0.598 e. The van der Waals surface area contributed by atoms with Gasteiger partial charge in [-0.2, -0.15) is 5.10 Å². The lowest BCUT2D eigenvalue weighted by molar-refractivity contribution is -0.123. The average Bonchev–Trinajstić information content (AvgIpc) is 3.35. The van der Waals surface area contributed by atoms with Crippen LogP contribution in [0.1, 0.15) is 50.8 Å². The number of likely N-dealkylation sites (N-methyl/N-ethyl adjacent to an activating group) is 1. The molecule has 0 radical (unpaired) electrons. The molecule has 2 fully saturated rings. The predicted octanol–water partition coefficient (Wildman–Crippen LogP) is 2.16. The van der Waals surface area contributed by atoms with Crippen molar-refractivity contribution in [2.75, 3.05) is 18.5 Å². The number of anilines is 1. The number of imide groups is 1. The van der Waals surface area contributed by atoms with Crippen LogP contribution in [0.25, 0.3) is 5.52 Å². The molecule has 1 saturated carbocycles. The SMILES string of the molecule is CN1C(=O)CN(c2cc(C3CC3)cc3cc(CN[S+]([O-])C(C)(C)C)nn23)C1=O. The minimum absolute atomic E-state index is 0.0139. The molecular formula is C19H25N5O3S. The van der Waals surface area contributed by atoms with E-state index in [0.29, 0.717) is 18.3 Å². The molecule has 1 unspecified atom stereocenters. The summed E-state index contributed by atoms with van der Waals surface area (Å²) in [4.78, 5) is 27.1. The first-order valence-corrected chi connectivity index (χ1v) is 10.6. The zero-order chi connectivity index (χ0) is 20.2. The number of aromatic nitrogens is 2. The number of carbonyl (C=O) groups is 2. The molecule has 1 aliphatic heterocycles. The summed E-state index contributed by atoms with van der Waals surface area (Å²) in [7, 11) is 1.49. The van der Waals surface area contributed by atoms with E-state index in [1.165, 1.54) is 11.9 Å². The summed E-state index contributed by atoms with van der Waals surface area (Å²) in [5, 5.41) is 4.61. The van der Waals surface area contributed by atoms with E-state index in [9.17, 15) is 14.1 Å². The number of pyridine rings is 1. The molecule has 0 aromatic carbocycles. The fourth-order valence-corrected chi connectivity index (χ4v) is 3.93. The van der Waals surface area contributed by atoms with Crippen molar-refractivity contribution < 1.29 is 14.1 Å². The van der Waals surface area contributed by atoms with Gasteiger partial charge in [-0.15, -0.1) is 4.72 Å². The van der Waals surface area contributed by atoms with Crippen molar-refractivity contribution in [2.24, 2.45) is 0 Å². The Balaban J connectivity index is 1.69. The molecule has 1 aliphatic carbocycles. The van der Waals surface area contributed by atoms with Crippen LogP contribution in [0.5, 0.6) is 0 Å². The lowest BCUT2D eigenvalue weighted by atomic mass is 10.1. The molecule has 9 heteroatoms. The molecule has 2 aliphatic rings. The molecule has 28 heavy (non-hydrogen) atoms. The minimum Gasteiger partial charge on any atom is -0.598 e. The van der Waals surface area contributed by atoms with Crippen LogP contribution in [0.2, 0.25) is 0 Å². The summed E-state index contributed by atoms with van der Waals surface area (Å²) in [5.41, 5.74) is 2.76. The van der Waals surface area contributed by atoms with Gasteiger partial charge >= 0.3 is 6.03 Å². The molecule has 1 atom stereocenters. The third-order valence-electron chi connectivity index (χ3n) is 5.07. The van der Waals surface area contributed by atoms with Gasteiger partial charge in [-0.05, 0) is 63.3 Å². The molecule has 150 valence electrons. The van der Waals surface area contributed by atoms with Crippen molar-refractivity contribution in [1.29, 1.82) is 0 Å². The molecule has 8 nitrogen and oxygen atoms in total. The van der Waals surface area contributed by atoms with Crippen LogP contribution >= 0.6 is 0 Å².